The highest BCUT2D eigenvalue weighted by molar-refractivity contribution is 6.00. The van der Waals surface area contributed by atoms with E-state index in [1.165, 1.54) is 24.3 Å². The summed E-state index contributed by atoms with van der Waals surface area (Å²) in [6.07, 6.45) is 0.913. The molecule has 0 bridgehead atoms. The summed E-state index contributed by atoms with van der Waals surface area (Å²) >= 11 is 0. The number of carbonyl (C=O) groups is 4. The van der Waals surface area contributed by atoms with Crippen LogP contribution in [0.5, 0.6) is 0 Å². The molecule has 0 saturated heterocycles. The Bertz CT molecular complexity index is 1280. The number of urea groups is 1. The molecule has 0 saturated carbocycles. The van der Waals surface area contributed by atoms with E-state index in [9.17, 15) is 19.2 Å². The van der Waals surface area contributed by atoms with E-state index in [4.69, 9.17) is 10.8 Å². The Morgan fingerprint density at radius 1 is 0.842 bits per heavy atom. The summed E-state index contributed by atoms with van der Waals surface area (Å²) in [6, 6.07) is 18.8. The molecule has 0 spiro atoms. The van der Waals surface area contributed by atoms with Crippen molar-refractivity contribution in [2.24, 2.45) is 5.73 Å². The van der Waals surface area contributed by atoms with Crippen molar-refractivity contribution in [2.75, 3.05) is 22.5 Å². The molecule has 3 aromatic rings. The van der Waals surface area contributed by atoms with Crippen LogP contribution in [0.15, 0.2) is 72.8 Å². The maximum absolute atomic E-state index is 12.8. The highest BCUT2D eigenvalue weighted by atomic mass is 16.4. The molecule has 10 nitrogen and oxygen atoms in total. The van der Waals surface area contributed by atoms with Crippen LogP contribution in [0.1, 0.15) is 34.3 Å². The molecule has 0 radical (unpaired) electrons. The maximum Gasteiger partial charge on any atom is 0.335 e. The zero-order valence-corrected chi connectivity index (χ0v) is 21.0. The summed E-state index contributed by atoms with van der Waals surface area (Å²) in [5.41, 5.74) is 9.04. The Kier molecular flexibility index (Phi) is 9.95. The van der Waals surface area contributed by atoms with Crippen LogP contribution in [0, 0.1) is 6.92 Å². The predicted molar refractivity (Wildman–Crippen MR) is 146 cm³/mol. The summed E-state index contributed by atoms with van der Waals surface area (Å²) in [5, 5.41) is 20.0. The highest BCUT2D eigenvalue weighted by Gasteiger charge is 2.21. The van der Waals surface area contributed by atoms with Crippen LogP contribution in [0.2, 0.25) is 0 Å². The van der Waals surface area contributed by atoms with Crippen LogP contribution in [-0.2, 0) is 16.0 Å². The molecular weight excluding hydrogens is 486 g/mol. The van der Waals surface area contributed by atoms with Gasteiger partial charge in [0.05, 0.1) is 12.0 Å². The minimum absolute atomic E-state index is 0.0371. The number of hydrogen-bond donors (Lipinski definition) is 6. The Balaban J connectivity index is 1.54. The number of carbonyl (C=O) groups excluding carboxylic acids is 3. The van der Waals surface area contributed by atoms with Crippen LogP contribution >= 0.6 is 0 Å². The molecule has 0 aliphatic carbocycles. The number of hydrogen-bond acceptors (Lipinski definition) is 5. The number of amides is 4. The fourth-order valence-corrected chi connectivity index (χ4v) is 3.65. The molecule has 4 amide bonds. The molecule has 0 fully saturated rings. The minimum atomic E-state index is -1.06. The van der Waals surface area contributed by atoms with Crippen molar-refractivity contribution in [3.8, 4) is 0 Å². The Hall–Kier alpha value is -4.70. The van der Waals surface area contributed by atoms with Gasteiger partial charge >= 0.3 is 12.0 Å². The summed E-state index contributed by atoms with van der Waals surface area (Å²) in [7, 11) is 0. The fraction of sp³-hybridized carbons (Fsp3) is 0.214. The van der Waals surface area contributed by atoms with Crippen molar-refractivity contribution in [2.45, 2.75) is 32.2 Å². The molecule has 1 atom stereocenters. The number of carboxylic acids is 1. The average molecular weight is 518 g/mol. The van der Waals surface area contributed by atoms with Gasteiger partial charge in [0.25, 0.3) is 0 Å². The fourth-order valence-electron chi connectivity index (χ4n) is 3.65. The normalized spacial score (nSPS) is 11.2. The largest absolute Gasteiger partial charge is 0.478 e. The number of aromatic carboxylic acids is 1. The lowest BCUT2D eigenvalue weighted by molar-refractivity contribution is -0.126. The van der Waals surface area contributed by atoms with Gasteiger partial charge in [0.2, 0.25) is 11.8 Å². The lowest BCUT2D eigenvalue weighted by atomic mass is 10.1. The predicted octanol–water partition coefficient (Wildman–Crippen LogP) is 3.74. The zero-order valence-electron chi connectivity index (χ0n) is 21.0. The van der Waals surface area contributed by atoms with Gasteiger partial charge in [-0.3, -0.25) is 9.59 Å². The Morgan fingerprint density at radius 2 is 1.47 bits per heavy atom. The SMILES string of the molecule is Cc1ccccc1NC(=O)Nc1ccc(CC(=O)N[C@@H](CCCN)C(=O)Nc2ccc(C(=O)O)cc2)cc1. The van der Waals surface area contributed by atoms with E-state index in [0.717, 1.165) is 5.56 Å². The number of anilines is 3. The average Bonchev–Trinajstić information content (AvgIpc) is 2.89. The summed E-state index contributed by atoms with van der Waals surface area (Å²) in [6.45, 7) is 2.26. The first-order valence-corrected chi connectivity index (χ1v) is 12.1. The van der Waals surface area contributed by atoms with E-state index < -0.39 is 17.9 Å². The van der Waals surface area contributed by atoms with E-state index in [1.54, 1.807) is 24.3 Å². The monoisotopic (exact) mass is 517 g/mol. The number of nitrogens with one attached hydrogen (secondary N) is 4. The molecule has 3 rings (SSSR count). The zero-order chi connectivity index (χ0) is 27.5. The molecule has 38 heavy (non-hydrogen) atoms. The van der Waals surface area contributed by atoms with Crippen LogP contribution in [0.3, 0.4) is 0 Å². The molecule has 10 heteroatoms. The van der Waals surface area contributed by atoms with E-state index in [1.807, 2.05) is 31.2 Å². The number of para-hydroxylation sites is 1. The molecule has 198 valence electrons. The molecule has 7 N–H and O–H groups in total. The topological polar surface area (TPSA) is 163 Å². The lowest BCUT2D eigenvalue weighted by Crippen LogP contribution is -2.44. The van der Waals surface area contributed by atoms with Gasteiger partial charge in [-0.25, -0.2) is 9.59 Å². The summed E-state index contributed by atoms with van der Waals surface area (Å²) < 4.78 is 0. The quantitative estimate of drug-likeness (QED) is 0.227. The number of carboxylic acid groups (broad SMARTS) is 1. The van der Waals surface area contributed by atoms with Gasteiger partial charge in [0.1, 0.15) is 6.04 Å². The number of rotatable bonds is 11. The minimum Gasteiger partial charge on any atom is -0.478 e. The number of nitrogens with two attached hydrogens (primary N) is 1. The second-order valence-corrected chi connectivity index (χ2v) is 8.69. The highest BCUT2D eigenvalue weighted by Crippen LogP contribution is 2.15. The third kappa shape index (κ3) is 8.45. The first-order chi connectivity index (χ1) is 18.2. The summed E-state index contributed by atoms with van der Waals surface area (Å²) in [4.78, 5) is 48.8. The first kappa shape index (κ1) is 27.9. The van der Waals surface area contributed by atoms with Gasteiger partial charge in [-0.15, -0.1) is 0 Å². The van der Waals surface area contributed by atoms with Gasteiger partial charge in [-0.2, -0.15) is 0 Å². The van der Waals surface area contributed by atoms with Crippen LogP contribution in [0.25, 0.3) is 0 Å². The van der Waals surface area contributed by atoms with E-state index >= 15 is 0 Å². The van der Waals surface area contributed by atoms with Gasteiger partial charge in [0.15, 0.2) is 0 Å². The van der Waals surface area contributed by atoms with Crippen molar-refractivity contribution in [1.82, 2.24) is 5.32 Å². The standard InChI is InChI=1S/C28H31N5O5/c1-18-5-2-3-6-23(18)33-28(38)31-22-12-8-19(9-13-22)17-25(34)32-24(7-4-16-29)26(35)30-21-14-10-20(11-15-21)27(36)37/h2-3,5-6,8-15,24H,4,7,16-17,29H2,1H3,(H,30,35)(H,32,34)(H,36,37)(H2,31,33,38)/t24-/m0/s1. The van der Waals surface area contributed by atoms with Crippen LogP contribution < -0.4 is 27.0 Å². The van der Waals surface area contributed by atoms with Crippen molar-refractivity contribution < 1.29 is 24.3 Å². The Labute approximate surface area is 220 Å². The number of benzene rings is 3. The van der Waals surface area contributed by atoms with Crippen molar-refractivity contribution >= 4 is 40.9 Å². The molecule has 3 aromatic carbocycles. The van der Waals surface area contributed by atoms with E-state index in [0.29, 0.717) is 42.0 Å². The van der Waals surface area contributed by atoms with Gasteiger partial charge < -0.3 is 32.1 Å². The van der Waals surface area contributed by atoms with E-state index in [-0.39, 0.29) is 23.9 Å². The van der Waals surface area contributed by atoms with E-state index in [2.05, 4.69) is 21.3 Å². The van der Waals surface area contributed by atoms with Crippen LogP contribution in [0.4, 0.5) is 21.9 Å². The third-order valence-electron chi connectivity index (χ3n) is 5.72. The third-order valence-corrected chi connectivity index (χ3v) is 5.72. The smallest absolute Gasteiger partial charge is 0.335 e. The molecule has 0 aliphatic heterocycles. The molecule has 0 heterocycles. The van der Waals surface area contributed by atoms with Gasteiger partial charge in [-0.1, -0.05) is 30.3 Å². The molecule has 0 aliphatic rings. The van der Waals surface area contributed by atoms with Crippen molar-refractivity contribution in [3.05, 3.63) is 89.5 Å². The van der Waals surface area contributed by atoms with Crippen LogP contribution in [-0.4, -0.2) is 41.5 Å². The lowest BCUT2D eigenvalue weighted by Gasteiger charge is -2.18. The molecular formula is C28H31N5O5. The van der Waals surface area contributed by atoms with Gasteiger partial charge in [-0.05, 0) is 79.9 Å². The van der Waals surface area contributed by atoms with Gasteiger partial charge in [0, 0.05) is 17.1 Å². The maximum atomic E-state index is 12.8. The molecule has 0 unspecified atom stereocenters. The molecule has 0 aromatic heterocycles. The second kappa shape index (κ2) is 13.6. The first-order valence-electron chi connectivity index (χ1n) is 12.1. The second-order valence-electron chi connectivity index (χ2n) is 8.69. The Morgan fingerprint density at radius 3 is 2.11 bits per heavy atom. The van der Waals surface area contributed by atoms with Crippen molar-refractivity contribution in [1.29, 1.82) is 0 Å². The summed E-state index contributed by atoms with van der Waals surface area (Å²) in [5.74, 6) is -1.83. The number of aryl methyl sites for hydroxylation is 1. The van der Waals surface area contributed by atoms with Crippen molar-refractivity contribution in [3.63, 3.8) is 0 Å².